The SMILES string of the molecule is CCCNC/C(=C/c1ccc(Cl)cc1F)CC. The van der Waals surface area contributed by atoms with Crippen LogP contribution in [0.4, 0.5) is 4.39 Å². The molecular weight excluding hydrogens is 237 g/mol. The third-order valence-electron chi connectivity index (χ3n) is 2.56. The van der Waals surface area contributed by atoms with Crippen LogP contribution in [0, 0.1) is 5.82 Å². The first-order chi connectivity index (χ1) is 8.17. The van der Waals surface area contributed by atoms with E-state index in [0.29, 0.717) is 10.6 Å². The predicted octanol–water partition coefficient (Wildman–Crippen LogP) is 4.27. The fraction of sp³-hybridized carbons (Fsp3) is 0.429. The lowest BCUT2D eigenvalue weighted by atomic mass is 10.1. The van der Waals surface area contributed by atoms with E-state index >= 15 is 0 Å². The fourth-order valence-electron chi connectivity index (χ4n) is 1.54. The zero-order valence-corrected chi connectivity index (χ0v) is 11.1. The molecule has 0 radical (unpaired) electrons. The van der Waals surface area contributed by atoms with E-state index in [1.54, 1.807) is 12.1 Å². The van der Waals surface area contributed by atoms with Crippen molar-refractivity contribution in [1.82, 2.24) is 5.32 Å². The molecule has 94 valence electrons. The number of rotatable bonds is 6. The Morgan fingerprint density at radius 2 is 2.18 bits per heavy atom. The Hall–Kier alpha value is -0.860. The van der Waals surface area contributed by atoms with Gasteiger partial charge in [-0.1, -0.05) is 43.2 Å². The summed E-state index contributed by atoms with van der Waals surface area (Å²) in [5, 5.41) is 3.75. The fourth-order valence-corrected chi connectivity index (χ4v) is 1.70. The molecule has 0 spiro atoms. The van der Waals surface area contributed by atoms with Gasteiger partial charge in [0.25, 0.3) is 0 Å². The van der Waals surface area contributed by atoms with E-state index in [4.69, 9.17) is 11.6 Å². The van der Waals surface area contributed by atoms with E-state index in [1.807, 2.05) is 6.08 Å². The maximum Gasteiger partial charge on any atom is 0.131 e. The van der Waals surface area contributed by atoms with E-state index < -0.39 is 0 Å². The third kappa shape index (κ3) is 4.88. The summed E-state index contributed by atoms with van der Waals surface area (Å²) in [7, 11) is 0. The summed E-state index contributed by atoms with van der Waals surface area (Å²) in [5.74, 6) is -0.265. The molecule has 3 heteroatoms. The summed E-state index contributed by atoms with van der Waals surface area (Å²) < 4.78 is 13.6. The molecule has 0 fully saturated rings. The summed E-state index contributed by atoms with van der Waals surface area (Å²) in [5.41, 5.74) is 1.80. The highest BCUT2D eigenvalue weighted by atomic mass is 35.5. The van der Waals surface area contributed by atoms with Gasteiger partial charge in [-0.25, -0.2) is 4.39 Å². The molecule has 1 aromatic carbocycles. The zero-order valence-electron chi connectivity index (χ0n) is 10.4. The topological polar surface area (TPSA) is 12.0 Å². The molecule has 1 aromatic rings. The minimum Gasteiger partial charge on any atom is -0.313 e. The van der Waals surface area contributed by atoms with Crippen LogP contribution in [0.1, 0.15) is 32.3 Å². The van der Waals surface area contributed by atoms with E-state index in [-0.39, 0.29) is 5.82 Å². The van der Waals surface area contributed by atoms with Gasteiger partial charge in [0.2, 0.25) is 0 Å². The molecule has 0 heterocycles. The van der Waals surface area contributed by atoms with E-state index in [2.05, 4.69) is 19.2 Å². The molecule has 0 aliphatic carbocycles. The van der Waals surface area contributed by atoms with Crippen LogP contribution in [-0.4, -0.2) is 13.1 Å². The van der Waals surface area contributed by atoms with Crippen LogP contribution in [0.3, 0.4) is 0 Å². The van der Waals surface area contributed by atoms with Gasteiger partial charge in [-0.2, -0.15) is 0 Å². The van der Waals surface area contributed by atoms with Crippen LogP contribution in [0.15, 0.2) is 23.8 Å². The molecule has 0 unspecified atom stereocenters. The lowest BCUT2D eigenvalue weighted by molar-refractivity contribution is 0.624. The van der Waals surface area contributed by atoms with Gasteiger partial charge < -0.3 is 5.32 Å². The summed E-state index contributed by atoms with van der Waals surface area (Å²) in [6.45, 7) is 6.00. The Labute approximate surface area is 108 Å². The van der Waals surface area contributed by atoms with Gasteiger partial charge in [0, 0.05) is 17.1 Å². The molecule has 0 aliphatic heterocycles. The number of benzene rings is 1. The van der Waals surface area contributed by atoms with Crippen molar-refractivity contribution in [1.29, 1.82) is 0 Å². The minimum atomic E-state index is -0.265. The van der Waals surface area contributed by atoms with Gasteiger partial charge in [-0.15, -0.1) is 0 Å². The Morgan fingerprint density at radius 3 is 2.76 bits per heavy atom. The molecular formula is C14H19ClFN. The van der Waals surface area contributed by atoms with Crippen LogP contribution in [0.25, 0.3) is 6.08 Å². The highest BCUT2D eigenvalue weighted by Crippen LogP contribution is 2.17. The van der Waals surface area contributed by atoms with Crippen molar-refractivity contribution in [2.75, 3.05) is 13.1 Å². The maximum absolute atomic E-state index is 13.6. The quantitative estimate of drug-likeness (QED) is 0.749. The largest absolute Gasteiger partial charge is 0.313 e. The third-order valence-corrected chi connectivity index (χ3v) is 2.79. The standard InChI is InChI=1S/C14H19ClFN/c1-3-7-17-10-11(4-2)8-12-5-6-13(15)9-14(12)16/h5-6,8-9,17H,3-4,7,10H2,1-2H3/b11-8+. The van der Waals surface area contributed by atoms with Crippen molar-refractivity contribution < 1.29 is 4.39 Å². The highest BCUT2D eigenvalue weighted by Gasteiger charge is 2.02. The van der Waals surface area contributed by atoms with Gasteiger partial charge >= 0.3 is 0 Å². The molecule has 17 heavy (non-hydrogen) atoms. The molecule has 1 N–H and O–H groups in total. The van der Waals surface area contributed by atoms with E-state index in [0.717, 1.165) is 25.9 Å². The number of hydrogen-bond acceptors (Lipinski definition) is 1. The minimum absolute atomic E-state index is 0.265. The number of nitrogens with one attached hydrogen (secondary N) is 1. The second-order valence-corrected chi connectivity index (χ2v) is 4.44. The number of hydrogen-bond donors (Lipinski definition) is 1. The molecule has 0 saturated heterocycles. The van der Waals surface area contributed by atoms with Gasteiger partial charge in [0.05, 0.1) is 0 Å². The monoisotopic (exact) mass is 255 g/mol. The first kappa shape index (κ1) is 14.2. The molecule has 0 aliphatic rings. The molecule has 0 bridgehead atoms. The van der Waals surface area contributed by atoms with Crippen LogP contribution >= 0.6 is 11.6 Å². The summed E-state index contributed by atoms with van der Waals surface area (Å²) >= 11 is 5.72. The Bertz CT molecular complexity index is 388. The normalized spacial score (nSPS) is 11.9. The highest BCUT2D eigenvalue weighted by molar-refractivity contribution is 6.30. The van der Waals surface area contributed by atoms with Crippen molar-refractivity contribution >= 4 is 17.7 Å². The Balaban J connectivity index is 2.75. The van der Waals surface area contributed by atoms with Crippen molar-refractivity contribution in [2.24, 2.45) is 0 Å². The van der Waals surface area contributed by atoms with Gasteiger partial charge in [-0.05, 0) is 31.5 Å². The molecule has 1 rings (SSSR count). The van der Waals surface area contributed by atoms with Crippen LogP contribution < -0.4 is 5.32 Å². The zero-order chi connectivity index (χ0) is 12.7. The maximum atomic E-state index is 13.6. The Morgan fingerprint density at radius 1 is 1.41 bits per heavy atom. The molecule has 0 atom stereocenters. The Kier molecular flexibility index (Phi) is 6.23. The van der Waals surface area contributed by atoms with Crippen molar-refractivity contribution in [2.45, 2.75) is 26.7 Å². The lowest BCUT2D eigenvalue weighted by Gasteiger charge is -2.07. The second kappa shape index (κ2) is 7.46. The smallest absolute Gasteiger partial charge is 0.131 e. The van der Waals surface area contributed by atoms with Crippen molar-refractivity contribution in [3.8, 4) is 0 Å². The first-order valence-corrected chi connectivity index (χ1v) is 6.40. The van der Waals surface area contributed by atoms with Crippen LogP contribution in [-0.2, 0) is 0 Å². The molecule has 0 amide bonds. The molecule has 1 nitrogen and oxygen atoms in total. The summed E-state index contributed by atoms with van der Waals surface area (Å²) in [4.78, 5) is 0. The molecule has 0 saturated carbocycles. The van der Waals surface area contributed by atoms with Crippen LogP contribution in [0.5, 0.6) is 0 Å². The van der Waals surface area contributed by atoms with Crippen LogP contribution in [0.2, 0.25) is 5.02 Å². The average Bonchev–Trinajstić information content (AvgIpc) is 2.31. The van der Waals surface area contributed by atoms with E-state index in [9.17, 15) is 4.39 Å². The van der Waals surface area contributed by atoms with Crippen molar-refractivity contribution in [3.63, 3.8) is 0 Å². The van der Waals surface area contributed by atoms with Gasteiger partial charge in [0.1, 0.15) is 5.82 Å². The lowest BCUT2D eigenvalue weighted by Crippen LogP contribution is -2.17. The average molecular weight is 256 g/mol. The number of halogens is 2. The van der Waals surface area contributed by atoms with Crippen molar-refractivity contribution in [3.05, 3.63) is 40.2 Å². The van der Waals surface area contributed by atoms with Gasteiger partial charge in [-0.3, -0.25) is 0 Å². The summed E-state index contributed by atoms with van der Waals surface area (Å²) in [6.07, 6.45) is 3.92. The summed E-state index contributed by atoms with van der Waals surface area (Å²) in [6, 6.07) is 4.77. The first-order valence-electron chi connectivity index (χ1n) is 6.02. The molecule has 0 aromatic heterocycles. The predicted molar refractivity (Wildman–Crippen MR) is 72.8 cm³/mol. The van der Waals surface area contributed by atoms with Gasteiger partial charge in [0.15, 0.2) is 0 Å². The van der Waals surface area contributed by atoms with E-state index in [1.165, 1.54) is 11.6 Å². The second-order valence-electron chi connectivity index (χ2n) is 4.00.